The summed E-state index contributed by atoms with van der Waals surface area (Å²) in [5.74, 6) is 0.526. The molecule has 0 bridgehead atoms. The molecule has 0 aromatic heterocycles. The molecule has 2 aromatic carbocycles. The number of hydrogen-bond acceptors (Lipinski definition) is 1. The van der Waals surface area contributed by atoms with E-state index in [0.717, 1.165) is 0 Å². The molecule has 88 valence electrons. The number of rotatable bonds is 5. The molecule has 0 N–H and O–H groups in total. The van der Waals surface area contributed by atoms with Crippen molar-refractivity contribution in [1.29, 1.82) is 0 Å². The highest BCUT2D eigenvalue weighted by Gasteiger charge is 2.13. The Kier molecular flexibility index (Phi) is 5.00. The zero-order valence-corrected chi connectivity index (χ0v) is 11.1. The molecule has 3 heteroatoms. The average molecular weight is 265 g/mol. The molecule has 0 fully saturated rings. The van der Waals surface area contributed by atoms with Crippen molar-refractivity contribution in [2.75, 3.05) is 12.5 Å². The van der Waals surface area contributed by atoms with Gasteiger partial charge in [0.25, 0.3) is 0 Å². The van der Waals surface area contributed by atoms with Gasteiger partial charge in [-0.3, -0.25) is 0 Å². The summed E-state index contributed by atoms with van der Waals surface area (Å²) in [7, 11) is -0.741. The lowest BCUT2D eigenvalue weighted by atomic mass is 10.4. The predicted octanol–water partition coefficient (Wildman–Crippen LogP) is 3.29. The lowest BCUT2D eigenvalue weighted by Gasteiger charge is -2.17. The van der Waals surface area contributed by atoms with Crippen LogP contribution in [0.25, 0.3) is 0 Å². The Morgan fingerprint density at radius 3 is 1.71 bits per heavy atom. The van der Waals surface area contributed by atoms with Crippen LogP contribution in [0.3, 0.4) is 0 Å². The lowest BCUT2D eigenvalue weighted by molar-refractivity contribution is 0.391. The largest absolute Gasteiger partial charge is 0.348 e. The maximum absolute atomic E-state index is 5.90. The van der Waals surface area contributed by atoms with Crippen molar-refractivity contribution in [2.24, 2.45) is 0 Å². The summed E-state index contributed by atoms with van der Waals surface area (Å²) in [5, 5.41) is 2.44. The Hall–Kier alpha value is -0.880. The van der Waals surface area contributed by atoms with E-state index in [2.05, 4.69) is 24.3 Å². The van der Waals surface area contributed by atoms with Gasteiger partial charge in [-0.2, -0.15) is 0 Å². The highest BCUT2D eigenvalue weighted by molar-refractivity contribution is 7.68. The van der Waals surface area contributed by atoms with Crippen molar-refractivity contribution in [3.63, 3.8) is 0 Å². The SMILES string of the molecule is ClCCOP(c1ccccc1)c1ccccc1. The summed E-state index contributed by atoms with van der Waals surface area (Å²) < 4.78 is 5.90. The van der Waals surface area contributed by atoms with Gasteiger partial charge < -0.3 is 4.52 Å². The molecule has 0 radical (unpaired) electrons. The summed E-state index contributed by atoms with van der Waals surface area (Å²) >= 11 is 5.71. The minimum absolute atomic E-state index is 0.526. The first-order valence-corrected chi connectivity index (χ1v) is 7.30. The van der Waals surface area contributed by atoms with E-state index >= 15 is 0 Å². The second-order valence-corrected chi connectivity index (χ2v) is 5.75. The smallest absolute Gasteiger partial charge is 0.0918 e. The summed E-state index contributed by atoms with van der Waals surface area (Å²) in [6, 6.07) is 20.6. The van der Waals surface area contributed by atoms with Crippen molar-refractivity contribution < 1.29 is 4.52 Å². The summed E-state index contributed by atoms with van der Waals surface area (Å²) in [5.41, 5.74) is 0. The molecule has 0 aliphatic heterocycles. The molecule has 0 spiro atoms. The Morgan fingerprint density at radius 2 is 1.29 bits per heavy atom. The maximum Gasteiger partial charge on any atom is 0.0918 e. The van der Waals surface area contributed by atoms with E-state index in [9.17, 15) is 0 Å². The van der Waals surface area contributed by atoms with Crippen LogP contribution in [0.2, 0.25) is 0 Å². The highest BCUT2D eigenvalue weighted by atomic mass is 35.5. The molecule has 0 saturated carbocycles. The van der Waals surface area contributed by atoms with E-state index in [-0.39, 0.29) is 0 Å². The minimum atomic E-state index is -0.741. The number of hydrogen-bond donors (Lipinski definition) is 0. The van der Waals surface area contributed by atoms with Crippen molar-refractivity contribution in [2.45, 2.75) is 0 Å². The molecule has 17 heavy (non-hydrogen) atoms. The van der Waals surface area contributed by atoms with Gasteiger partial charge in [-0.1, -0.05) is 60.7 Å². The van der Waals surface area contributed by atoms with Gasteiger partial charge in [0.15, 0.2) is 0 Å². The molecule has 1 nitrogen and oxygen atoms in total. The molecule has 0 aliphatic carbocycles. The first kappa shape index (κ1) is 12.6. The Bertz CT molecular complexity index is 393. The van der Waals surface area contributed by atoms with E-state index in [1.807, 2.05) is 36.4 Å². The van der Waals surface area contributed by atoms with Gasteiger partial charge >= 0.3 is 0 Å². The van der Waals surface area contributed by atoms with Crippen LogP contribution in [0.5, 0.6) is 0 Å². The molecule has 2 rings (SSSR count). The van der Waals surface area contributed by atoms with Crippen molar-refractivity contribution in [3.05, 3.63) is 60.7 Å². The van der Waals surface area contributed by atoms with Gasteiger partial charge in [0.1, 0.15) is 0 Å². The van der Waals surface area contributed by atoms with Crippen molar-refractivity contribution in [1.82, 2.24) is 0 Å². The molecular weight excluding hydrogens is 251 g/mol. The first-order chi connectivity index (χ1) is 8.42. The van der Waals surface area contributed by atoms with Crippen LogP contribution in [0.4, 0.5) is 0 Å². The van der Waals surface area contributed by atoms with E-state index in [4.69, 9.17) is 16.1 Å². The van der Waals surface area contributed by atoms with Crippen LogP contribution >= 0.6 is 19.7 Å². The third kappa shape index (κ3) is 3.54. The molecule has 0 saturated heterocycles. The van der Waals surface area contributed by atoms with Crippen LogP contribution in [-0.4, -0.2) is 12.5 Å². The zero-order valence-electron chi connectivity index (χ0n) is 9.42. The fourth-order valence-corrected chi connectivity index (χ4v) is 3.49. The molecule has 0 heterocycles. The topological polar surface area (TPSA) is 9.23 Å². The van der Waals surface area contributed by atoms with Crippen LogP contribution in [-0.2, 0) is 4.52 Å². The lowest BCUT2D eigenvalue weighted by Crippen LogP contribution is -2.14. The fraction of sp³-hybridized carbons (Fsp3) is 0.143. The zero-order chi connectivity index (χ0) is 11.9. The van der Waals surface area contributed by atoms with E-state index in [1.165, 1.54) is 10.6 Å². The van der Waals surface area contributed by atoms with Crippen LogP contribution in [0, 0.1) is 0 Å². The van der Waals surface area contributed by atoms with Gasteiger partial charge in [0, 0.05) is 16.5 Å². The fourth-order valence-electron chi connectivity index (χ4n) is 1.55. The van der Waals surface area contributed by atoms with Crippen molar-refractivity contribution in [3.8, 4) is 0 Å². The summed E-state index contributed by atoms with van der Waals surface area (Å²) in [6.07, 6.45) is 0. The predicted molar refractivity (Wildman–Crippen MR) is 75.7 cm³/mol. The molecule has 2 aromatic rings. The Balaban J connectivity index is 2.26. The van der Waals surface area contributed by atoms with E-state index in [1.54, 1.807) is 0 Å². The molecule has 0 unspecified atom stereocenters. The Morgan fingerprint density at radius 1 is 0.824 bits per heavy atom. The minimum Gasteiger partial charge on any atom is -0.348 e. The first-order valence-electron chi connectivity index (χ1n) is 5.51. The maximum atomic E-state index is 5.90. The quantitative estimate of drug-likeness (QED) is 0.595. The van der Waals surface area contributed by atoms with Gasteiger partial charge in [0.05, 0.1) is 14.8 Å². The number of halogens is 1. The highest BCUT2D eigenvalue weighted by Crippen LogP contribution is 2.34. The third-order valence-electron chi connectivity index (χ3n) is 2.28. The third-order valence-corrected chi connectivity index (χ3v) is 4.41. The van der Waals surface area contributed by atoms with Crippen LogP contribution in [0.1, 0.15) is 0 Å². The van der Waals surface area contributed by atoms with Crippen LogP contribution < -0.4 is 10.6 Å². The molecule has 0 aliphatic rings. The van der Waals surface area contributed by atoms with Gasteiger partial charge in [-0.05, 0) is 0 Å². The van der Waals surface area contributed by atoms with E-state index < -0.39 is 8.15 Å². The standard InChI is InChI=1S/C14H14ClOP/c15-11-12-16-17(13-7-3-1-4-8-13)14-9-5-2-6-10-14/h1-10H,11-12H2. The average Bonchev–Trinajstić information content (AvgIpc) is 2.42. The molecular formula is C14H14ClOP. The van der Waals surface area contributed by atoms with E-state index in [0.29, 0.717) is 12.5 Å². The molecule has 0 atom stereocenters. The number of alkyl halides is 1. The normalized spacial score (nSPS) is 10.7. The van der Waals surface area contributed by atoms with Crippen molar-refractivity contribution >= 4 is 30.4 Å². The van der Waals surface area contributed by atoms with Gasteiger partial charge in [-0.25, -0.2) is 0 Å². The van der Waals surface area contributed by atoms with Gasteiger partial charge in [0.2, 0.25) is 0 Å². The molecule has 0 amide bonds. The van der Waals surface area contributed by atoms with Crippen LogP contribution in [0.15, 0.2) is 60.7 Å². The number of benzene rings is 2. The monoisotopic (exact) mass is 264 g/mol. The second-order valence-electron chi connectivity index (χ2n) is 3.49. The summed E-state index contributed by atoms with van der Waals surface area (Å²) in [4.78, 5) is 0. The Labute approximate surface area is 108 Å². The van der Waals surface area contributed by atoms with Gasteiger partial charge in [-0.15, -0.1) is 11.6 Å². The second kappa shape index (κ2) is 6.76. The summed E-state index contributed by atoms with van der Waals surface area (Å²) in [6.45, 7) is 0.580.